The molecule has 2 atom stereocenters. The zero-order valence-electron chi connectivity index (χ0n) is 27.3. The van der Waals surface area contributed by atoms with Crippen molar-refractivity contribution in [3.05, 3.63) is 30.6 Å². The lowest BCUT2D eigenvalue weighted by Crippen LogP contribution is -2.42. The van der Waals surface area contributed by atoms with Crippen LogP contribution in [-0.4, -0.2) is 86.8 Å². The third-order valence-electron chi connectivity index (χ3n) is 8.83. The van der Waals surface area contributed by atoms with Gasteiger partial charge in [-0.1, -0.05) is 19.3 Å². The Morgan fingerprint density at radius 1 is 0.958 bits per heavy atom. The van der Waals surface area contributed by atoms with Gasteiger partial charge in [-0.25, -0.2) is 20.1 Å². The largest absolute Gasteiger partial charge is 0.494 e. The summed E-state index contributed by atoms with van der Waals surface area (Å²) in [5.74, 6) is 1.26. The van der Waals surface area contributed by atoms with Crippen LogP contribution in [0.15, 0.2) is 30.6 Å². The molecule has 3 aliphatic rings. The highest BCUT2D eigenvalue weighted by Crippen LogP contribution is 2.31. The van der Waals surface area contributed by atoms with Gasteiger partial charge < -0.3 is 30.0 Å². The van der Waals surface area contributed by atoms with Gasteiger partial charge in [-0.2, -0.15) is 9.97 Å². The van der Waals surface area contributed by atoms with E-state index >= 15 is 0 Å². The van der Waals surface area contributed by atoms with Crippen molar-refractivity contribution >= 4 is 40.6 Å². The number of fused-ring (bicyclic) bond motifs is 1. The first kappa shape index (κ1) is 33.7. The van der Waals surface area contributed by atoms with E-state index in [1.54, 1.807) is 0 Å². The number of hydrogen-bond acceptors (Lipinski definition) is 11. The fraction of sp³-hybridized carbons (Fsp3) is 0.606. The summed E-state index contributed by atoms with van der Waals surface area (Å²) in [5.41, 5.74) is 4.56. The molecular formula is C33H46N8O7. The van der Waals surface area contributed by atoms with E-state index in [4.69, 9.17) is 34.0 Å². The number of benzene rings is 1. The van der Waals surface area contributed by atoms with Crippen LogP contribution in [0.25, 0.3) is 11.2 Å². The van der Waals surface area contributed by atoms with Crippen molar-refractivity contribution in [1.82, 2.24) is 29.9 Å². The van der Waals surface area contributed by atoms with E-state index in [-0.39, 0.29) is 25.9 Å². The summed E-state index contributed by atoms with van der Waals surface area (Å²) in [6.07, 6.45) is 12.0. The number of aromatic nitrogens is 4. The number of nitrogens with zero attached hydrogens (tertiary/aromatic N) is 5. The second kappa shape index (κ2) is 16.8. The Labute approximate surface area is 279 Å². The Morgan fingerprint density at radius 3 is 2.46 bits per heavy atom. The average Bonchev–Trinajstić information content (AvgIpc) is 3.55. The number of amides is 2. The first-order chi connectivity index (χ1) is 23.5. The Hall–Kier alpha value is -4.21. The molecule has 3 aromatic rings. The standard InChI is InChI=1S/C33H46N8O7/c42-26(39-48-28-12-5-7-19-47-28)21-40(33(43)44)17-8-20-45-25-15-13-24(14-16-25)36-32-37-30(35-23-9-2-1-3-10-23)29-31(38-32)41(22-34-29)27-11-4-6-18-46-27/h13-16,22-23,27-28H,1-12,17-21H2,(H,39,42)(H,43,44)(H2,35,36,37,38). The highest BCUT2D eigenvalue weighted by Gasteiger charge is 2.24. The summed E-state index contributed by atoms with van der Waals surface area (Å²) in [5, 5.41) is 16.5. The molecule has 2 aliphatic heterocycles. The van der Waals surface area contributed by atoms with E-state index in [1.165, 1.54) is 19.3 Å². The Bertz CT molecular complexity index is 1490. The molecule has 260 valence electrons. The van der Waals surface area contributed by atoms with Crippen LogP contribution >= 0.6 is 0 Å². The molecule has 0 bridgehead atoms. The normalized spacial score (nSPS) is 20.2. The molecule has 2 saturated heterocycles. The Kier molecular flexibility index (Phi) is 11.8. The van der Waals surface area contributed by atoms with E-state index < -0.39 is 18.3 Å². The fourth-order valence-corrected chi connectivity index (χ4v) is 6.26. The number of ether oxygens (including phenoxy) is 3. The average molecular weight is 667 g/mol. The zero-order valence-corrected chi connectivity index (χ0v) is 27.3. The highest BCUT2D eigenvalue weighted by molar-refractivity contribution is 5.85. The third-order valence-corrected chi connectivity index (χ3v) is 8.83. The first-order valence-electron chi connectivity index (χ1n) is 17.2. The highest BCUT2D eigenvalue weighted by atomic mass is 16.8. The SMILES string of the molecule is O=C(CN(CCCOc1ccc(Nc2nc(NC3CCCCC3)c3ncn(C4CCCCO4)c3n2)cc1)C(=O)O)NOC1CCCCO1. The molecule has 4 N–H and O–H groups in total. The molecule has 4 heterocycles. The molecule has 0 radical (unpaired) electrons. The molecule has 2 unspecified atom stereocenters. The zero-order chi connectivity index (χ0) is 33.1. The van der Waals surface area contributed by atoms with Crippen LogP contribution in [0.1, 0.15) is 83.3 Å². The maximum Gasteiger partial charge on any atom is 0.407 e. The number of imidazole rings is 1. The predicted molar refractivity (Wildman–Crippen MR) is 177 cm³/mol. The monoisotopic (exact) mass is 666 g/mol. The number of carboxylic acid groups (broad SMARTS) is 1. The fourth-order valence-electron chi connectivity index (χ4n) is 6.26. The van der Waals surface area contributed by atoms with Gasteiger partial charge in [-0.3, -0.25) is 14.3 Å². The minimum Gasteiger partial charge on any atom is -0.494 e. The number of carbonyl (C=O) groups is 2. The quantitative estimate of drug-likeness (QED) is 0.129. The van der Waals surface area contributed by atoms with Gasteiger partial charge in [0.25, 0.3) is 5.91 Å². The lowest BCUT2D eigenvalue weighted by molar-refractivity contribution is -0.200. The number of nitrogens with one attached hydrogen (secondary N) is 3. The lowest BCUT2D eigenvalue weighted by Gasteiger charge is -2.25. The van der Waals surface area contributed by atoms with Crippen LogP contribution < -0.4 is 20.9 Å². The van der Waals surface area contributed by atoms with Gasteiger partial charge in [-0.15, -0.1) is 0 Å². The molecule has 3 fully saturated rings. The van der Waals surface area contributed by atoms with Crippen LogP contribution in [0.4, 0.5) is 22.2 Å². The number of rotatable bonds is 14. The van der Waals surface area contributed by atoms with Crippen LogP contribution in [0.5, 0.6) is 5.75 Å². The van der Waals surface area contributed by atoms with Crippen molar-refractivity contribution in [3.63, 3.8) is 0 Å². The van der Waals surface area contributed by atoms with E-state index in [1.807, 2.05) is 35.2 Å². The van der Waals surface area contributed by atoms with Crippen molar-refractivity contribution < 1.29 is 33.7 Å². The lowest BCUT2D eigenvalue weighted by atomic mass is 9.95. The summed E-state index contributed by atoms with van der Waals surface area (Å²) < 4.78 is 19.3. The maximum atomic E-state index is 12.2. The molecule has 2 amide bonds. The Morgan fingerprint density at radius 2 is 1.73 bits per heavy atom. The van der Waals surface area contributed by atoms with Gasteiger partial charge in [0.05, 0.1) is 12.9 Å². The summed E-state index contributed by atoms with van der Waals surface area (Å²) in [4.78, 5) is 44.6. The van der Waals surface area contributed by atoms with Crippen molar-refractivity contribution in [2.75, 3.05) is 43.5 Å². The molecule has 6 rings (SSSR count). The van der Waals surface area contributed by atoms with Crippen LogP contribution in [-0.2, 0) is 19.1 Å². The molecule has 2 aromatic heterocycles. The van der Waals surface area contributed by atoms with E-state index in [9.17, 15) is 14.7 Å². The first-order valence-corrected chi connectivity index (χ1v) is 17.2. The van der Waals surface area contributed by atoms with Gasteiger partial charge in [0.15, 0.2) is 23.3 Å². The smallest absolute Gasteiger partial charge is 0.407 e. The minimum atomic E-state index is -1.19. The molecule has 1 aromatic carbocycles. The third kappa shape index (κ3) is 9.23. The second-order valence-electron chi connectivity index (χ2n) is 12.5. The maximum absolute atomic E-state index is 12.2. The van der Waals surface area contributed by atoms with Crippen molar-refractivity contribution in [2.24, 2.45) is 0 Å². The topological polar surface area (TPSA) is 174 Å². The van der Waals surface area contributed by atoms with Gasteiger partial charge in [0.1, 0.15) is 18.5 Å². The Balaban J connectivity index is 1.03. The van der Waals surface area contributed by atoms with E-state index in [2.05, 4.69) is 16.1 Å². The molecule has 1 aliphatic carbocycles. The predicted octanol–water partition coefficient (Wildman–Crippen LogP) is 5.34. The van der Waals surface area contributed by atoms with Gasteiger partial charge in [0, 0.05) is 37.9 Å². The molecular weight excluding hydrogens is 620 g/mol. The summed E-state index contributed by atoms with van der Waals surface area (Å²) >= 11 is 0. The van der Waals surface area contributed by atoms with Crippen molar-refractivity contribution in [1.29, 1.82) is 0 Å². The number of anilines is 3. The van der Waals surface area contributed by atoms with E-state index in [0.29, 0.717) is 37.2 Å². The number of hydrogen-bond donors (Lipinski definition) is 4. The van der Waals surface area contributed by atoms with Crippen LogP contribution in [0.2, 0.25) is 0 Å². The summed E-state index contributed by atoms with van der Waals surface area (Å²) in [7, 11) is 0. The van der Waals surface area contributed by atoms with Gasteiger partial charge >= 0.3 is 6.09 Å². The number of carbonyl (C=O) groups excluding carboxylic acids is 1. The molecule has 15 heteroatoms. The summed E-state index contributed by atoms with van der Waals surface area (Å²) in [6.45, 7) is 1.36. The van der Waals surface area contributed by atoms with Crippen LogP contribution in [0, 0.1) is 0 Å². The summed E-state index contributed by atoms with van der Waals surface area (Å²) in [6, 6.07) is 7.77. The van der Waals surface area contributed by atoms with Gasteiger partial charge in [-0.05, 0) is 75.6 Å². The number of hydroxylamine groups is 1. The molecule has 15 nitrogen and oxygen atoms in total. The van der Waals surface area contributed by atoms with Gasteiger partial charge in [0.2, 0.25) is 5.95 Å². The molecule has 48 heavy (non-hydrogen) atoms. The second-order valence-corrected chi connectivity index (χ2v) is 12.5. The molecule has 0 spiro atoms. The van der Waals surface area contributed by atoms with Crippen LogP contribution in [0.3, 0.4) is 0 Å². The van der Waals surface area contributed by atoms with Crippen molar-refractivity contribution in [3.8, 4) is 5.75 Å². The van der Waals surface area contributed by atoms with E-state index in [0.717, 1.165) is 79.1 Å². The van der Waals surface area contributed by atoms with Crippen molar-refractivity contribution in [2.45, 2.75) is 95.6 Å². The minimum absolute atomic E-state index is 0.0967. The molecule has 1 saturated carbocycles.